The van der Waals surface area contributed by atoms with Crippen LogP contribution < -0.4 is 10.5 Å². The Bertz CT molecular complexity index is 559. The van der Waals surface area contributed by atoms with Gasteiger partial charge in [-0.15, -0.1) is 12.4 Å². The lowest BCUT2D eigenvalue weighted by atomic mass is 9.98. The Morgan fingerprint density at radius 3 is 2.52 bits per heavy atom. The highest BCUT2D eigenvalue weighted by atomic mass is 35.5. The first kappa shape index (κ1) is 16.6. The molecule has 2 N–H and O–H groups in total. The van der Waals surface area contributed by atoms with Gasteiger partial charge in [0, 0.05) is 24.7 Å². The summed E-state index contributed by atoms with van der Waals surface area (Å²) in [5.74, 6) is 2.86. The summed E-state index contributed by atoms with van der Waals surface area (Å²) >= 11 is 0. The number of halogens is 1. The Kier molecular flexibility index (Phi) is 4.83. The van der Waals surface area contributed by atoms with E-state index in [-0.39, 0.29) is 24.4 Å². The van der Waals surface area contributed by atoms with Crippen molar-refractivity contribution in [3.8, 4) is 5.75 Å². The van der Waals surface area contributed by atoms with Crippen molar-refractivity contribution in [2.45, 2.75) is 31.7 Å². The van der Waals surface area contributed by atoms with Gasteiger partial charge in [0.25, 0.3) is 5.91 Å². The highest BCUT2D eigenvalue weighted by Gasteiger charge is 2.42. The molecule has 126 valence electrons. The number of nitrogens with two attached hydrogens (primary N) is 1. The standard InChI is InChI=1S/C18H24N2O2.ClH/c19-17-8-5-14-9-20(10-16(14)17)18(21)13-3-6-15(7-4-13)22-11-12-1-2-12;/h3-4,6-7,12,14,16-17H,1-2,5,8-11,19H2;1H. The van der Waals surface area contributed by atoms with Gasteiger partial charge in [0.1, 0.15) is 5.75 Å². The van der Waals surface area contributed by atoms with E-state index in [1.807, 2.05) is 29.2 Å². The van der Waals surface area contributed by atoms with Gasteiger partial charge >= 0.3 is 0 Å². The summed E-state index contributed by atoms with van der Waals surface area (Å²) in [5, 5.41) is 0. The number of amides is 1. The number of benzene rings is 1. The quantitative estimate of drug-likeness (QED) is 0.919. The van der Waals surface area contributed by atoms with E-state index in [1.165, 1.54) is 19.3 Å². The van der Waals surface area contributed by atoms with Gasteiger partial charge < -0.3 is 15.4 Å². The molecule has 1 aliphatic heterocycles. The van der Waals surface area contributed by atoms with Gasteiger partial charge in [0.05, 0.1) is 6.61 Å². The molecule has 0 spiro atoms. The van der Waals surface area contributed by atoms with Crippen molar-refractivity contribution in [3.63, 3.8) is 0 Å². The summed E-state index contributed by atoms with van der Waals surface area (Å²) in [6.45, 7) is 2.50. The largest absolute Gasteiger partial charge is 0.493 e. The zero-order chi connectivity index (χ0) is 15.1. The molecule has 3 fully saturated rings. The zero-order valence-corrected chi connectivity index (χ0v) is 14.1. The van der Waals surface area contributed by atoms with Crippen molar-refractivity contribution in [3.05, 3.63) is 29.8 Å². The first-order chi connectivity index (χ1) is 10.7. The number of fused-ring (bicyclic) bond motifs is 1. The number of ether oxygens (including phenoxy) is 1. The summed E-state index contributed by atoms with van der Waals surface area (Å²) in [5.41, 5.74) is 6.91. The maximum absolute atomic E-state index is 12.6. The normalized spacial score (nSPS) is 29.1. The predicted molar refractivity (Wildman–Crippen MR) is 92.0 cm³/mol. The molecule has 1 saturated heterocycles. The molecule has 0 radical (unpaired) electrons. The van der Waals surface area contributed by atoms with E-state index >= 15 is 0 Å². The molecule has 23 heavy (non-hydrogen) atoms. The lowest BCUT2D eigenvalue weighted by Gasteiger charge is -2.19. The second kappa shape index (κ2) is 6.70. The molecule has 1 aromatic carbocycles. The highest BCUT2D eigenvalue weighted by molar-refractivity contribution is 5.94. The van der Waals surface area contributed by atoms with Crippen molar-refractivity contribution in [2.24, 2.45) is 23.5 Å². The van der Waals surface area contributed by atoms with Crippen molar-refractivity contribution in [1.29, 1.82) is 0 Å². The average Bonchev–Trinajstić information content (AvgIpc) is 3.17. The van der Waals surface area contributed by atoms with Crippen LogP contribution in [0.1, 0.15) is 36.0 Å². The Balaban J connectivity index is 0.00000156. The number of nitrogens with zero attached hydrogens (tertiary/aromatic N) is 1. The molecule has 0 aromatic heterocycles. The summed E-state index contributed by atoms with van der Waals surface area (Å²) in [6, 6.07) is 7.88. The Hall–Kier alpha value is -1.26. The van der Waals surface area contributed by atoms with Gasteiger partial charge in [0.15, 0.2) is 0 Å². The van der Waals surface area contributed by atoms with Crippen molar-refractivity contribution >= 4 is 18.3 Å². The summed E-state index contributed by atoms with van der Waals surface area (Å²) in [6.07, 6.45) is 4.86. The van der Waals surface area contributed by atoms with Gasteiger partial charge in [-0.3, -0.25) is 4.79 Å². The lowest BCUT2D eigenvalue weighted by Crippen LogP contribution is -2.33. The fourth-order valence-electron chi connectivity index (χ4n) is 3.85. The second-order valence-electron chi connectivity index (χ2n) is 7.15. The topological polar surface area (TPSA) is 55.6 Å². The minimum atomic E-state index is 0. The van der Waals surface area contributed by atoms with Gasteiger partial charge in [-0.05, 0) is 67.7 Å². The Labute approximate surface area is 143 Å². The van der Waals surface area contributed by atoms with E-state index in [4.69, 9.17) is 10.5 Å². The molecule has 3 atom stereocenters. The smallest absolute Gasteiger partial charge is 0.253 e. The maximum atomic E-state index is 12.6. The monoisotopic (exact) mass is 336 g/mol. The third-order valence-corrected chi connectivity index (χ3v) is 5.48. The van der Waals surface area contributed by atoms with Crippen molar-refractivity contribution < 1.29 is 9.53 Å². The van der Waals surface area contributed by atoms with Crippen LogP contribution >= 0.6 is 12.4 Å². The molecular weight excluding hydrogens is 312 g/mol. The molecule has 1 aromatic rings. The lowest BCUT2D eigenvalue weighted by molar-refractivity contribution is 0.0779. The van der Waals surface area contributed by atoms with Crippen LogP contribution in [0.4, 0.5) is 0 Å². The minimum absolute atomic E-state index is 0. The van der Waals surface area contributed by atoms with Gasteiger partial charge in [0.2, 0.25) is 0 Å². The number of likely N-dealkylation sites (tertiary alicyclic amines) is 1. The third-order valence-electron chi connectivity index (χ3n) is 5.48. The highest BCUT2D eigenvalue weighted by Crippen LogP contribution is 2.37. The van der Waals surface area contributed by atoms with Crippen molar-refractivity contribution in [2.75, 3.05) is 19.7 Å². The van der Waals surface area contributed by atoms with Gasteiger partial charge in [-0.1, -0.05) is 0 Å². The average molecular weight is 337 g/mol. The molecule has 3 unspecified atom stereocenters. The molecule has 1 amide bonds. The van der Waals surface area contributed by atoms with Crippen LogP contribution in [-0.2, 0) is 0 Å². The molecule has 0 bridgehead atoms. The molecular formula is C18H25ClN2O2. The van der Waals surface area contributed by atoms with Crippen LogP contribution in [0.15, 0.2) is 24.3 Å². The predicted octanol–water partition coefficient (Wildman–Crippen LogP) is 2.71. The summed E-state index contributed by atoms with van der Waals surface area (Å²) in [4.78, 5) is 14.6. The van der Waals surface area contributed by atoms with Crippen LogP contribution in [0, 0.1) is 17.8 Å². The number of hydrogen-bond donors (Lipinski definition) is 1. The molecule has 4 nitrogen and oxygen atoms in total. The maximum Gasteiger partial charge on any atom is 0.253 e. The van der Waals surface area contributed by atoms with Crippen molar-refractivity contribution in [1.82, 2.24) is 4.90 Å². The SMILES string of the molecule is Cl.NC1CCC2CN(C(=O)c3ccc(OCC4CC4)cc3)CC12. The minimum Gasteiger partial charge on any atom is -0.493 e. The van der Waals surface area contributed by atoms with E-state index in [2.05, 4.69) is 0 Å². The summed E-state index contributed by atoms with van der Waals surface area (Å²) in [7, 11) is 0. The third kappa shape index (κ3) is 3.48. The zero-order valence-electron chi connectivity index (χ0n) is 13.3. The molecule has 1 heterocycles. The van der Waals surface area contributed by atoms with E-state index in [0.29, 0.717) is 11.8 Å². The first-order valence-corrected chi connectivity index (χ1v) is 8.48. The molecule has 3 aliphatic rings. The fraction of sp³-hybridized carbons (Fsp3) is 0.611. The van der Waals surface area contributed by atoms with Gasteiger partial charge in [-0.2, -0.15) is 0 Å². The molecule has 5 heteroatoms. The van der Waals surface area contributed by atoms with E-state index in [9.17, 15) is 4.79 Å². The first-order valence-electron chi connectivity index (χ1n) is 8.48. The number of hydrogen-bond acceptors (Lipinski definition) is 3. The fourth-order valence-corrected chi connectivity index (χ4v) is 3.85. The summed E-state index contributed by atoms with van der Waals surface area (Å²) < 4.78 is 5.72. The van der Waals surface area contributed by atoms with Crippen LogP contribution in [0.5, 0.6) is 5.75 Å². The van der Waals surface area contributed by atoms with E-state index in [0.717, 1.165) is 43.3 Å². The van der Waals surface area contributed by atoms with Crippen LogP contribution in [0.2, 0.25) is 0 Å². The van der Waals surface area contributed by atoms with E-state index in [1.54, 1.807) is 0 Å². The number of rotatable bonds is 4. The second-order valence-corrected chi connectivity index (χ2v) is 7.15. The number of carbonyl (C=O) groups excluding carboxylic acids is 1. The van der Waals surface area contributed by atoms with E-state index < -0.39 is 0 Å². The molecule has 2 saturated carbocycles. The number of carbonyl (C=O) groups is 1. The van der Waals surface area contributed by atoms with Crippen LogP contribution in [-0.4, -0.2) is 36.5 Å². The molecule has 4 rings (SSSR count). The van der Waals surface area contributed by atoms with Crippen LogP contribution in [0.3, 0.4) is 0 Å². The Morgan fingerprint density at radius 2 is 1.87 bits per heavy atom. The Morgan fingerprint density at radius 1 is 1.13 bits per heavy atom. The van der Waals surface area contributed by atoms with Gasteiger partial charge in [-0.25, -0.2) is 0 Å². The van der Waals surface area contributed by atoms with Crippen LogP contribution in [0.25, 0.3) is 0 Å². The molecule has 2 aliphatic carbocycles.